The Labute approximate surface area is 108 Å². The quantitative estimate of drug-likeness (QED) is 0.883. The molecule has 0 aliphatic carbocycles. The summed E-state index contributed by atoms with van der Waals surface area (Å²) in [7, 11) is 1.86. The molecule has 0 saturated heterocycles. The van der Waals surface area contributed by atoms with E-state index in [1.165, 1.54) is 11.1 Å². The molecule has 1 unspecified atom stereocenters. The molecule has 1 atom stereocenters. The number of nitrogens with one attached hydrogen (secondary N) is 1. The zero-order valence-corrected chi connectivity index (χ0v) is 11.2. The monoisotopic (exact) mass is 244 g/mol. The summed E-state index contributed by atoms with van der Waals surface area (Å²) in [6.45, 7) is 4.67. The topological polar surface area (TPSA) is 32.3 Å². The lowest BCUT2D eigenvalue weighted by atomic mass is 10.0. The molecule has 1 N–H and O–H groups in total. The highest BCUT2D eigenvalue weighted by Crippen LogP contribution is 2.24. The molecule has 1 heterocycles. The van der Waals surface area contributed by atoms with E-state index in [9.17, 15) is 4.79 Å². The van der Waals surface area contributed by atoms with Crippen molar-refractivity contribution in [3.63, 3.8) is 0 Å². The first-order valence-electron chi connectivity index (χ1n) is 6.37. The van der Waals surface area contributed by atoms with Gasteiger partial charge in [0.1, 0.15) is 6.17 Å². The van der Waals surface area contributed by atoms with Gasteiger partial charge in [0.25, 0.3) is 0 Å². The van der Waals surface area contributed by atoms with E-state index in [2.05, 4.69) is 23.5 Å². The lowest BCUT2D eigenvalue weighted by Crippen LogP contribution is -2.46. The zero-order chi connectivity index (χ0) is 13.1. The van der Waals surface area contributed by atoms with Crippen LogP contribution in [-0.2, 0) is 4.79 Å². The number of rotatable bonds is 3. The second-order valence-corrected chi connectivity index (χ2v) is 4.94. The number of likely N-dealkylation sites (N-methyl/N-ethyl adjacent to an activating group) is 1. The number of hydrogen-bond acceptors (Lipinski definition) is 2. The van der Waals surface area contributed by atoms with Gasteiger partial charge in [0.05, 0.1) is 0 Å². The van der Waals surface area contributed by atoms with Crippen LogP contribution in [0, 0.1) is 5.92 Å². The van der Waals surface area contributed by atoms with Crippen LogP contribution < -0.4 is 5.32 Å². The fraction of sp³-hybridized carbons (Fsp3) is 0.400. The van der Waals surface area contributed by atoms with Crippen molar-refractivity contribution >= 4 is 11.5 Å². The molecule has 0 fully saturated rings. The molecule has 1 amide bonds. The SMILES string of the molecule is CC(C)C(=O)N(C)C1NCC=C1c1ccccc1. The van der Waals surface area contributed by atoms with Crippen molar-refractivity contribution in [1.29, 1.82) is 0 Å². The largest absolute Gasteiger partial charge is 0.326 e. The minimum absolute atomic E-state index is 0.0118. The number of carbonyl (C=O) groups is 1. The third kappa shape index (κ3) is 2.46. The van der Waals surface area contributed by atoms with E-state index < -0.39 is 0 Å². The summed E-state index contributed by atoms with van der Waals surface area (Å²) in [5, 5.41) is 3.35. The van der Waals surface area contributed by atoms with Gasteiger partial charge in [-0.3, -0.25) is 10.1 Å². The molecule has 0 saturated carbocycles. The maximum absolute atomic E-state index is 12.1. The van der Waals surface area contributed by atoms with Crippen LogP contribution in [0.4, 0.5) is 0 Å². The molecule has 18 heavy (non-hydrogen) atoms. The number of nitrogens with zero attached hydrogens (tertiary/aromatic N) is 1. The molecule has 1 aliphatic rings. The molecule has 3 nitrogen and oxygen atoms in total. The van der Waals surface area contributed by atoms with Crippen LogP contribution >= 0.6 is 0 Å². The first kappa shape index (κ1) is 12.8. The van der Waals surface area contributed by atoms with Crippen LogP contribution in [0.3, 0.4) is 0 Å². The van der Waals surface area contributed by atoms with Crippen molar-refractivity contribution in [3.05, 3.63) is 42.0 Å². The maximum Gasteiger partial charge on any atom is 0.226 e. The number of carbonyl (C=O) groups excluding carboxylic acids is 1. The zero-order valence-electron chi connectivity index (χ0n) is 11.2. The van der Waals surface area contributed by atoms with E-state index in [-0.39, 0.29) is 18.0 Å². The highest BCUT2D eigenvalue weighted by atomic mass is 16.2. The minimum Gasteiger partial charge on any atom is -0.326 e. The fourth-order valence-electron chi connectivity index (χ4n) is 2.29. The van der Waals surface area contributed by atoms with Crippen LogP contribution in [0.5, 0.6) is 0 Å². The standard InChI is InChI=1S/C15H20N2O/c1-11(2)15(18)17(3)14-13(9-10-16-14)12-7-5-4-6-8-12/h4-9,11,14,16H,10H2,1-3H3. The summed E-state index contributed by atoms with van der Waals surface area (Å²) < 4.78 is 0. The predicted octanol–water partition coefficient (Wildman–Crippen LogP) is 2.11. The highest BCUT2D eigenvalue weighted by molar-refractivity contribution is 5.82. The molecule has 1 aliphatic heterocycles. The average Bonchev–Trinajstić information content (AvgIpc) is 2.87. The van der Waals surface area contributed by atoms with Crippen molar-refractivity contribution in [2.75, 3.05) is 13.6 Å². The Morgan fingerprint density at radius 2 is 2.00 bits per heavy atom. The minimum atomic E-state index is -0.0118. The van der Waals surface area contributed by atoms with Gasteiger partial charge in [0.2, 0.25) is 5.91 Å². The van der Waals surface area contributed by atoms with Crippen molar-refractivity contribution in [2.45, 2.75) is 20.0 Å². The Morgan fingerprint density at radius 3 is 2.61 bits per heavy atom. The van der Waals surface area contributed by atoms with E-state index in [4.69, 9.17) is 0 Å². The van der Waals surface area contributed by atoms with Crippen LogP contribution in [0.2, 0.25) is 0 Å². The van der Waals surface area contributed by atoms with E-state index in [0.717, 1.165) is 6.54 Å². The van der Waals surface area contributed by atoms with Gasteiger partial charge in [-0.25, -0.2) is 0 Å². The molecule has 0 bridgehead atoms. The second-order valence-electron chi connectivity index (χ2n) is 4.94. The van der Waals surface area contributed by atoms with Gasteiger partial charge in [-0.2, -0.15) is 0 Å². The molecule has 0 spiro atoms. The third-order valence-corrected chi connectivity index (χ3v) is 3.26. The van der Waals surface area contributed by atoms with Gasteiger partial charge < -0.3 is 4.90 Å². The maximum atomic E-state index is 12.1. The van der Waals surface area contributed by atoms with Gasteiger partial charge in [-0.1, -0.05) is 50.3 Å². The van der Waals surface area contributed by atoms with Gasteiger partial charge >= 0.3 is 0 Å². The van der Waals surface area contributed by atoms with Gasteiger partial charge in [-0.05, 0) is 11.1 Å². The normalized spacial score (nSPS) is 18.9. The number of amides is 1. The van der Waals surface area contributed by atoms with Crippen LogP contribution in [0.1, 0.15) is 19.4 Å². The third-order valence-electron chi connectivity index (χ3n) is 3.26. The summed E-state index contributed by atoms with van der Waals surface area (Å²) >= 11 is 0. The van der Waals surface area contributed by atoms with Crippen LogP contribution in [0.15, 0.2) is 36.4 Å². The van der Waals surface area contributed by atoms with Crippen molar-refractivity contribution in [2.24, 2.45) is 5.92 Å². The summed E-state index contributed by atoms with van der Waals surface area (Å²) in [5.74, 6) is 0.186. The molecule has 96 valence electrons. The molecule has 3 heteroatoms. The Bertz CT molecular complexity index is 451. The first-order chi connectivity index (χ1) is 8.61. The second kappa shape index (κ2) is 5.36. The lowest BCUT2D eigenvalue weighted by molar-refractivity contribution is -0.134. The van der Waals surface area contributed by atoms with Crippen molar-refractivity contribution < 1.29 is 4.79 Å². The molecule has 1 aromatic rings. The molecule has 0 aromatic heterocycles. The molecule has 2 rings (SSSR count). The summed E-state index contributed by atoms with van der Waals surface area (Å²) in [6.07, 6.45) is 2.15. The highest BCUT2D eigenvalue weighted by Gasteiger charge is 2.27. The average molecular weight is 244 g/mol. The predicted molar refractivity (Wildman–Crippen MR) is 73.8 cm³/mol. The lowest BCUT2D eigenvalue weighted by Gasteiger charge is -2.29. The van der Waals surface area contributed by atoms with E-state index >= 15 is 0 Å². The first-order valence-corrected chi connectivity index (χ1v) is 6.37. The van der Waals surface area contributed by atoms with Gasteiger partial charge in [0, 0.05) is 19.5 Å². The smallest absolute Gasteiger partial charge is 0.226 e. The van der Waals surface area contributed by atoms with Crippen molar-refractivity contribution in [3.8, 4) is 0 Å². The number of hydrogen-bond donors (Lipinski definition) is 1. The van der Waals surface area contributed by atoms with Crippen molar-refractivity contribution in [1.82, 2.24) is 10.2 Å². The Morgan fingerprint density at radius 1 is 1.33 bits per heavy atom. The van der Waals surface area contributed by atoms with E-state index in [1.807, 2.05) is 39.1 Å². The van der Waals surface area contributed by atoms with E-state index in [1.54, 1.807) is 4.90 Å². The Kier molecular flexibility index (Phi) is 3.82. The molecular formula is C15H20N2O. The molecule has 0 radical (unpaired) electrons. The molecular weight excluding hydrogens is 224 g/mol. The summed E-state index contributed by atoms with van der Waals surface area (Å²) in [4.78, 5) is 13.9. The number of benzene rings is 1. The van der Waals surface area contributed by atoms with Gasteiger partial charge in [-0.15, -0.1) is 0 Å². The Hall–Kier alpha value is -1.61. The summed E-state index contributed by atoms with van der Waals surface area (Å²) in [6, 6.07) is 10.2. The summed E-state index contributed by atoms with van der Waals surface area (Å²) in [5.41, 5.74) is 2.36. The van der Waals surface area contributed by atoms with Gasteiger partial charge in [0.15, 0.2) is 0 Å². The molecule has 1 aromatic carbocycles. The van der Waals surface area contributed by atoms with Crippen LogP contribution in [0.25, 0.3) is 5.57 Å². The van der Waals surface area contributed by atoms with Crippen LogP contribution in [-0.4, -0.2) is 30.6 Å². The fourth-order valence-corrected chi connectivity index (χ4v) is 2.29. The Balaban J connectivity index is 2.20. The van der Waals surface area contributed by atoms with E-state index in [0.29, 0.717) is 0 Å².